The first-order valence-electron chi connectivity index (χ1n) is 11.9. The molecule has 4 aromatic carbocycles. The summed E-state index contributed by atoms with van der Waals surface area (Å²) in [6.45, 7) is 0. The lowest BCUT2D eigenvalue weighted by atomic mass is 9.91. The maximum Gasteiger partial charge on any atom is 0.136 e. The van der Waals surface area contributed by atoms with Gasteiger partial charge in [-0.05, 0) is 66.0 Å². The van der Waals surface area contributed by atoms with Crippen molar-refractivity contribution in [2.24, 2.45) is 0 Å². The molecule has 1 aliphatic heterocycles. The second kappa shape index (κ2) is 7.27. The zero-order valence-electron chi connectivity index (χ0n) is 19.1. The molecule has 0 spiro atoms. The molecule has 8 rings (SSSR count). The van der Waals surface area contributed by atoms with Crippen LogP contribution in [0.3, 0.4) is 0 Å². The molecule has 0 saturated carbocycles. The highest BCUT2D eigenvalue weighted by Gasteiger charge is 2.24. The Labute approximate surface area is 206 Å². The van der Waals surface area contributed by atoms with Crippen molar-refractivity contribution >= 4 is 32.7 Å². The van der Waals surface area contributed by atoms with Gasteiger partial charge in [-0.15, -0.1) is 0 Å². The topological polar surface area (TPSA) is 48.2 Å². The van der Waals surface area contributed by atoms with Gasteiger partial charge >= 0.3 is 0 Å². The molecule has 7 aromatic rings. The van der Waals surface area contributed by atoms with Crippen molar-refractivity contribution in [1.82, 2.24) is 9.97 Å². The lowest BCUT2D eigenvalue weighted by Gasteiger charge is -2.22. The first-order valence-corrected chi connectivity index (χ1v) is 11.9. The number of hydrogen-bond acceptors (Lipinski definition) is 4. The summed E-state index contributed by atoms with van der Waals surface area (Å²) in [4.78, 5) is 9.00. The number of ether oxygens (including phenoxy) is 1. The Balaban J connectivity index is 1.37. The molecule has 0 atom stereocenters. The van der Waals surface area contributed by atoms with Gasteiger partial charge in [0.25, 0.3) is 0 Å². The molecular weight excluding hydrogens is 444 g/mol. The zero-order chi connectivity index (χ0) is 23.6. The molecule has 4 nitrogen and oxygen atoms in total. The minimum absolute atomic E-state index is 0.825. The maximum absolute atomic E-state index is 6.46. The number of fused-ring (bicyclic) bond motifs is 6. The molecule has 4 heterocycles. The van der Waals surface area contributed by atoms with Crippen LogP contribution in [0.5, 0.6) is 11.5 Å². The van der Waals surface area contributed by atoms with Crippen LogP contribution in [-0.4, -0.2) is 9.97 Å². The monoisotopic (exact) mass is 462 g/mol. The van der Waals surface area contributed by atoms with Gasteiger partial charge in [0.05, 0.1) is 11.4 Å². The minimum Gasteiger partial charge on any atom is -0.456 e. The van der Waals surface area contributed by atoms with Gasteiger partial charge < -0.3 is 9.15 Å². The Morgan fingerprint density at radius 2 is 1.28 bits per heavy atom. The molecule has 0 N–H and O–H groups in total. The number of pyridine rings is 2. The van der Waals surface area contributed by atoms with Crippen molar-refractivity contribution in [1.29, 1.82) is 0 Å². The number of hydrogen-bond donors (Lipinski definition) is 0. The number of aromatic nitrogens is 2. The van der Waals surface area contributed by atoms with Crippen molar-refractivity contribution in [2.45, 2.75) is 0 Å². The molecule has 168 valence electrons. The predicted molar refractivity (Wildman–Crippen MR) is 143 cm³/mol. The van der Waals surface area contributed by atoms with Crippen LogP contribution >= 0.6 is 0 Å². The molecular formula is C32H18N2O2. The van der Waals surface area contributed by atoms with Gasteiger partial charge in [0.2, 0.25) is 0 Å². The van der Waals surface area contributed by atoms with Crippen molar-refractivity contribution in [3.05, 3.63) is 109 Å². The minimum atomic E-state index is 0.825. The molecule has 0 radical (unpaired) electrons. The Kier molecular flexibility index (Phi) is 3.91. The van der Waals surface area contributed by atoms with Gasteiger partial charge in [-0.3, -0.25) is 9.97 Å². The molecule has 0 bridgehead atoms. The van der Waals surface area contributed by atoms with Crippen LogP contribution in [0.15, 0.2) is 114 Å². The van der Waals surface area contributed by atoms with Crippen LogP contribution < -0.4 is 4.74 Å². The van der Waals surface area contributed by atoms with Crippen molar-refractivity contribution in [2.75, 3.05) is 0 Å². The summed E-state index contributed by atoms with van der Waals surface area (Å²) in [7, 11) is 0. The Bertz CT molecular complexity index is 1960. The van der Waals surface area contributed by atoms with Crippen LogP contribution in [0.4, 0.5) is 0 Å². The SMILES string of the molecule is c1ccc(-c2ccc3c(c2)Oc2cccc4c2c-3cc2oc3cc(-c5ccccn5)ccc3c24)nc1. The Morgan fingerprint density at radius 3 is 2.06 bits per heavy atom. The fraction of sp³-hybridized carbons (Fsp3) is 0. The van der Waals surface area contributed by atoms with Crippen molar-refractivity contribution < 1.29 is 9.15 Å². The van der Waals surface area contributed by atoms with E-state index in [1.54, 1.807) is 0 Å². The number of nitrogens with zero attached hydrogens (tertiary/aromatic N) is 2. The third-order valence-electron chi connectivity index (χ3n) is 6.97. The first kappa shape index (κ1) is 19.4. The summed E-state index contributed by atoms with van der Waals surface area (Å²) < 4.78 is 12.9. The number of rotatable bonds is 2. The molecule has 3 aromatic heterocycles. The highest BCUT2D eigenvalue weighted by atomic mass is 16.5. The lowest BCUT2D eigenvalue weighted by molar-refractivity contribution is 0.487. The first-order chi connectivity index (χ1) is 17.8. The van der Waals surface area contributed by atoms with Crippen LogP contribution in [0.1, 0.15) is 0 Å². The van der Waals surface area contributed by atoms with E-state index in [9.17, 15) is 0 Å². The summed E-state index contributed by atoms with van der Waals surface area (Å²) in [6.07, 6.45) is 3.62. The number of furan rings is 1. The summed E-state index contributed by atoms with van der Waals surface area (Å²) in [6, 6.07) is 32.9. The molecule has 1 aliphatic rings. The molecule has 0 unspecified atom stereocenters. The quantitative estimate of drug-likeness (QED) is 0.258. The molecule has 4 heteroatoms. The standard InChI is InChI=1S/C32H18N2O2/c1-3-14-33-25(7-1)19-10-12-21-24-18-30-31(23-6-5-9-27(32(23)24)35-28(21)16-19)22-13-11-20(17-29(22)36-30)26-8-2-4-15-34-26/h1-18H. The van der Waals surface area contributed by atoms with Gasteiger partial charge in [-0.2, -0.15) is 0 Å². The number of benzene rings is 4. The van der Waals surface area contributed by atoms with Gasteiger partial charge in [-0.25, -0.2) is 0 Å². The normalized spacial score (nSPS) is 12.1. The van der Waals surface area contributed by atoms with E-state index in [-0.39, 0.29) is 0 Å². The molecule has 0 amide bonds. The van der Waals surface area contributed by atoms with Gasteiger partial charge in [0.15, 0.2) is 0 Å². The van der Waals surface area contributed by atoms with Crippen LogP contribution in [-0.2, 0) is 0 Å². The van der Waals surface area contributed by atoms with E-state index >= 15 is 0 Å². The van der Waals surface area contributed by atoms with Crippen LogP contribution in [0.25, 0.3) is 66.4 Å². The summed E-state index contributed by atoms with van der Waals surface area (Å²) in [5.41, 5.74) is 7.79. The zero-order valence-corrected chi connectivity index (χ0v) is 19.1. The largest absolute Gasteiger partial charge is 0.456 e. The fourth-order valence-electron chi connectivity index (χ4n) is 5.35. The predicted octanol–water partition coefficient (Wildman–Crippen LogP) is 8.64. The lowest BCUT2D eigenvalue weighted by Crippen LogP contribution is -1.98. The van der Waals surface area contributed by atoms with Gasteiger partial charge in [0, 0.05) is 50.8 Å². The van der Waals surface area contributed by atoms with Crippen LogP contribution in [0.2, 0.25) is 0 Å². The van der Waals surface area contributed by atoms with E-state index in [0.717, 1.165) is 77.9 Å². The third kappa shape index (κ3) is 2.75. The average molecular weight is 463 g/mol. The Morgan fingerprint density at radius 1 is 0.500 bits per heavy atom. The van der Waals surface area contributed by atoms with E-state index in [2.05, 4.69) is 64.6 Å². The fourth-order valence-corrected chi connectivity index (χ4v) is 5.35. The average Bonchev–Trinajstić information content (AvgIpc) is 3.32. The second-order valence-electron chi connectivity index (χ2n) is 9.03. The maximum atomic E-state index is 6.46. The molecule has 0 fully saturated rings. The molecule has 0 saturated heterocycles. The van der Waals surface area contributed by atoms with E-state index in [1.807, 2.05) is 54.9 Å². The van der Waals surface area contributed by atoms with E-state index in [4.69, 9.17) is 9.15 Å². The second-order valence-corrected chi connectivity index (χ2v) is 9.03. The van der Waals surface area contributed by atoms with Crippen molar-refractivity contribution in [3.63, 3.8) is 0 Å². The highest BCUT2D eigenvalue weighted by Crippen LogP contribution is 2.50. The molecule has 36 heavy (non-hydrogen) atoms. The third-order valence-corrected chi connectivity index (χ3v) is 6.97. The Hall–Kier alpha value is -4.96. The molecule has 0 aliphatic carbocycles. The van der Waals surface area contributed by atoms with Crippen molar-refractivity contribution in [3.8, 4) is 45.1 Å². The van der Waals surface area contributed by atoms with Crippen LogP contribution in [0, 0.1) is 0 Å². The summed E-state index contributed by atoms with van der Waals surface area (Å²) in [5.74, 6) is 1.68. The van der Waals surface area contributed by atoms with Gasteiger partial charge in [0.1, 0.15) is 22.7 Å². The summed E-state index contributed by atoms with van der Waals surface area (Å²) >= 11 is 0. The van der Waals surface area contributed by atoms with E-state index < -0.39 is 0 Å². The highest BCUT2D eigenvalue weighted by molar-refractivity contribution is 6.24. The summed E-state index contributed by atoms with van der Waals surface area (Å²) in [5, 5.41) is 4.43. The van der Waals surface area contributed by atoms with E-state index in [1.165, 1.54) is 0 Å². The van der Waals surface area contributed by atoms with Gasteiger partial charge in [-0.1, -0.05) is 36.4 Å². The van der Waals surface area contributed by atoms with E-state index in [0.29, 0.717) is 0 Å². The smallest absolute Gasteiger partial charge is 0.136 e.